The van der Waals surface area contributed by atoms with Crippen molar-refractivity contribution < 1.29 is 10.2 Å². The lowest BCUT2D eigenvalue weighted by Crippen LogP contribution is -2.63. The van der Waals surface area contributed by atoms with E-state index >= 15 is 0 Å². The molecule has 2 N–H and O–H groups in total. The third kappa shape index (κ3) is 1.59. The van der Waals surface area contributed by atoms with Crippen molar-refractivity contribution in [3.63, 3.8) is 0 Å². The maximum atomic E-state index is 11.2. The highest BCUT2D eigenvalue weighted by Gasteiger charge is 2.69. The highest BCUT2D eigenvalue weighted by Crippen LogP contribution is 2.71. The van der Waals surface area contributed by atoms with Crippen LogP contribution in [0.5, 0.6) is 0 Å². The van der Waals surface area contributed by atoms with Gasteiger partial charge in [-0.2, -0.15) is 0 Å². The molecule has 0 aliphatic heterocycles. The van der Waals surface area contributed by atoms with E-state index in [1.54, 1.807) is 0 Å². The molecule has 0 aromatic rings. The standard InChI is InChI=1S/C20H32O2/c1-12-13-6-7-14-19(4)9-5-8-18(2,3)15(19)10-16(21)20(14,11-13)17(12)22/h13-17,21-22H,1,5-11H2,2-4H3/t13-,14+,15-,16+,17-,19+,20-/m0/s1. The van der Waals surface area contributed by atoms with E-state index in [0.29, 0.717) is 23.2 Å². The van der Waals surface area contributed by atoms with Crippen molar-refractivity contribution in [1.82, 2.24) is 0 Å². The van der Waals surface area contributed by atoms with Gasteiger partial charge in [0.15, 0.2) is 0 Å². The van der Waals surface area contributed by atoms with Crippen molar-refractivity contribution in [2.75, 3.05) is 0 Å². The van der Waals surface area contributed by atoms with Crippen molar-refractivity contribution >= 4 is 0 Å². The SMILES string of the molecule is C=C1[C@H]2CC[C@@H]3[C@@]4(C)CCCC(C)(C)[C@@H]4C[C@@H](O)[C@@]3(C2)[C@H]1O. The van der Waals surface area contributed by atoms with Crippen molar-refractivity contribution in [2.24, 2.45) is 34.0 Å². The van der Waals surface area contributed by atoms with Crippen molar-refractivity contribution in [2.45, 2.75) is 77.9 Å². The van der Waals surface area contributed by atoms with Gasteiger partial charge in [0, 0.05) is 5.41 Å². The summed E-state index contributed by atoms with van der Waals surface area (Å²) in [6.45, 7) is 11.5. The molecule has 0 unspecified atom stereocenters. The van der Waals surface area contributed by atoms with Gasteiger partial charge in [-0.15, -0.1) is 0 Å². The third-order valence-corrected chi connectivity index (χ3v) is 8.59. The number of fused-ring (bicyclic) bond motifs is 3. The largest absolute Gasteiger partial charge is 0.392 e. The topological polar surface area (TPSA) is 40.5 Å². The Kier molecular flexibility index (Phi) is 3.03. The maximum Gasteiger partial charge on any atom is 0.0834 e. The van der Waals surface area contributed by atoms with Gasteiger partial charge in [0.25, 0.3) is 0 Å². The van der Waals surface area contributed by atoms with Gasteiger partial charge in [0.05, 0.1) is 12.2 Å². The summed E-state index contributed by atoms with van der Waals surface area (Å²) in [6, 6.07) is 0. The quantitative estimate of drug-likeness (QED) is 0.666. The minimum atomic E-state index is -0.484. The lowest BCUT2D eigenvalue weighted by Gasteiger charge is -2.65. The van der Waals surface area contributed by atoms with E-state index in [2.05, 4.69) is 27.4 Å². The molecule has 2 bridgehead atoms. The Bertz CT molecular complexity index is 510. The molecular formula is C20H32O2. The lowest BCUT2D eigenvalue weighted by atomic mass is 9.40. The first-order valence-electron chi connectivity index (χ1n) is 9.28. The number of hydrogen-bond acceptors (Lipinski definition) is 2. The minimum Gasteiger partial charge on any atom is -0.392 e. The molecule has 4 fully saturated rings. The van der Waals surface area contributed by atoms with Crippen LogP contribution < -0.4 is 0 Å². The summed E-state index contributed by atoms with van der Waals surface area (Å²) in [5.74, 6) is 1.48. The Morgan fingerprint density at radius 2 is 1.77 bits per heavy atom. The van der Waals surface area contributed by atoms with Crippen LogP contribution in [0.15, 0.2) is 12.2 Å². The third-order valence-electron chi connectivity index (χ3n) is 8.59. The number of aliphatic hydroxyl groups excluding tert-OH is 2. The van der Waals surface area contributed by atoms with E-state index in [1.807, 2.05) is 0 Å². The van der Waals surface area contributed by atoms with Crippen LogP contribution in [0, 0.1) is 34.0 Å². The molecule has 1 spiro atoms. The van der Waals surface area contributed by atoms with Gasteiger partial charge in [-0.3, -0.25) is 0 Å². The van der Waals surface area contributed by atoms with Crippen LogP contribution in [-0.2, 0) is 0 Å². The van der Waals surface area contributed by atoms with E-state index in [0.717, 1.165) is 24.8 Å². The highest BCUT2D eigenvalue weighted by molar-refractivity contribution is 5.29. The van der Waals surface area contributed by atoms with E-state index in [4.69, 9.17) is 0 Å². The van der Waals surface area contributed by atoms with Crippen LogP contribution in [-0.4, -0.2) is 22.4 Å². The van der Waals surface area contributed by atoms with Crippen molar-refractivity contribution in [1.29, 1.82) is 0 Å². The number of rotatable bonds is 0. The second kappa shape index (κ2) is 4.39. The Labute approximate surface area is 135 Å². The first-order chi connectivity index (χ1) is 10.2. The average Bonchev–Trinajstić information content (AvgIpc) is 2.64. The van der Waals surface area contributed by atoms with Gasteiger partial charge in [-0.1, -0.05) is 33.8 Å². The molecule has 0 heterocycles. The fourth-order valence-electron chi connectivity index (χ4n) is 7.60. The van der Waals surface area contributed by atoms with Gasteiger partial charge in [0.1, 0.15) is 0 Å². The Hall–Kier alpha value is -0.340. The van der Waals surface area contributed by atoms with Crippen LogP contribution in [0.2, 0.25) is 0 Å². The van der Waals surface area contributed by atoms with Gasteiger partial charge >= 0.3 is 0 Å². The maximum absolute atomic E-state index is 11.2. The fourth-order valence-corrected chi connectivity index (χ4v) is 7.60. The summed E-state index contributed by atoms with van der Waals surface area (Å²) < 4.78 is 0. The molecule has 0 aromatic carbocycles. The summed E-state index contributed by atoms with van der Waals surface area (Å²) in [7, 11) is 0. The van der Waals surface area contributed by atoms with Gasteiger partial charge in [0.2, 0.25) is 0 Å². The van der Waals surface area contributed by atoms with E-state index < -0.39 is 6.10 Å². The van der Waals surface area contributed by atoms with E-state index in [9.17, 15) is 10.2 Å². The Morgan fingerprint density at radius 3 is 2.50 bits per heavy atom. The summed E-state index contributed by atoms with van der Waals surface area (Å²) in [4.78, 5) is 0. The molecule has 4 aliphatic carbocycles. The first kappa shape index (κ1) is 15.2. The Morgan fingerprint density at radius 1 is 1.05 bits per heavy atom. The van der Waals surface area contributed by atoms with Crippen LogP contribution in [0.4, 0.5) is 0 Å². The molecule has 0 saturated heterocycles. The van der Waals surface area contributed by atoms with Crippen molar-refractivity contribution in [3.8, 4) is 0 Å². The van der Waals surface area contributed by atoms with Crippen LogP contribution in [0.1, 0.15) is 65.7 Å². The molecule has 0 radical (unpaired) electrons. The molecule has 7 atom stereocenters. The summed E-state index contributed by atoms with van der Waals surface area (Å²) in [6.07, 6.45) is 7.18. The fraction of sp³-hybridized carbons (Fsp3) is 0.900. The van der Waals surface area contributed by atoms with Gasteiger partial charge < -0.3 is 10.2 Å². The van der Waals surface area contributed by atoms with Gasteiger partial charge in [-0.25, -0.2) is 0 Å². The zero-order chi connectivity index (χ0) is 15.9. The molecule has 4 aliphatic rings. The predicted molar refractivity (Wildman–Crippen MR) is 88.3 cm³/mol. The number of hydrogen-bond donors (Lipinski definition) is 2. The molecule has 22 heavy (non-hydrogen) atoms. The normalized spacial score (nSPS) is 56.4. The monoisotopic (exact) mass is 304 g/mol. The summed E-state index contributed by atoms with van der Waals surface area (Å²) >= 11 is 0. The molecule has 0 amide bonds. The zero-order valence-electron chi connectivity index (χ0n) is 14.4. The van der Waals surface area contributed by atoms with Crippen LogP contribution in [0.25, 0.3) is 0 Å². The second-order valence-electron chi connectivity index (χ2n) is 9.77. The molecule has 2 nitrogen and oxygen atoms in total. The average molecular weight is 304 g/mol. The molecule has 4 rings (SSSR count). The molecule has 2 heteroatoms. The second-order valence-corrected chi connectivity index (χ2v) is 9.77. The van der Waals surface area contributed by atoms with E-state index in [1.165, 1.54) is 25.7 Å². The van der Waals surface area contributed by atoms with E-state index in [-0.39, 0.29) is 16.9 Å². The summed E-state index contributed by atoms with van der Waals surface area (Å²) in [5.41, 5.74) is 1.31. The highest BCUT2D eigenvalue weighted by atomic mass is 16.3. The zero-order valence-corrected chi connectivity index (χ0v) is 14.4. The Balaban J connectivity index is 1.82. The minimum absolute atomic E-state index is 0.275. The molecule has 124 valence electrons. The molecule has 4 saturated carbocycles. The predicted octanol–water partition coefficient (Wildman–Crippen LogP) is 3.92. The summed E-state index contributed by atoms with van der Waals surface area (Å²) in [5, 5.41) is 22.2. The van der Waals surface area contributed by atoms with Crippen LogP contribution in [0.3, 0.4) is 0 Å². The first-order valence-corrected chi connectivity index (χ1v) is 9.28. The molecular weight excluding hydrogens is 272 g/mol. The van der Waals surface area contributed by atoms with Gasteiger partial charge in [-0.05, 0) is 72.7 Å². The smallest absolute Gasteiger partial charge is 0.0834 e. The number of aliphatic hydroxyl groups is 2. The van der Waals surface area contributed by atoms with Crippen LogP contribution >= 0.6 is 0 Å². The lowest BCUT2D eigenvalue weighted by molar-refractivity contribution is -0.219. The molecule has 0 aromatic heterocycles. The van der Waals surface area contributed by atoms with Crippen molar-refractivity contribution in [3.05, 3.63) is 12.2 Å².